The van der Waals surface area contributed by atoms with E-state index in [4.69, 9.17) is 4.99 Å². The lowest BCUT2D eigenvalue weighted by atomic mass is 10.1. The van der Waals surface area contributed by atoms with Crippen molar-refractivity contribution in [3.63, 3.8) is 0 Å². The molecule has 3 heterocycles. The van der Waals surface area contributed by atoms with Gasteiger partial charge in [-0.1, -0.05) is 13.8 Å². The van der Waals surface area contributed by atoms with E-state index in [0.29, 0.717) is 12.0 Å². The lowest BCUT2D eigenvalue weighted by Gasteiger charge is -2.24. The maximum Gasteiger partial charge on any atom is 0.157 e. The van der Waals surface area contributed by atoms with E-state index in [1.807, 2.05) is 25.6 Å². The number of fused-ring (bicyclic) bond motifs is 3. The Balaban J connectivity index is 2.17. The Morgan fingerprint density at radius 3 is 2.67 bits per heavy atom. The molecule has 0 amide bonds. The van der Waals surface area contributed by atoms with Crippen LogP contribution in [-0.2, 0) is 7.05 Å². The van der Waals surface area contributed by atoms with Crippen molar-refractivity contribution in [2.24, 2.45) is 23.0 Å². The van der Waals surface area contributed by atoms with E-state index in [2.05, 4.69) is 28.8 Å². The second kappa shape index (κ2) is 3.67. The van der Waals surface area contributed by atoms with Crippen molar-refractivity contribution in [1.82, 2.24) is 14.7 Å². The van der Waals surface area contributed by atoms with Crippen molar-refractivity contribution >= 4 is 17.4 Å². The third kappa shape index (κ3) is 1.43. The smallest absolute Gasteiger partial charge is 0.157 e. The number of aliphatic imine (C=N–C) groups is 2. The van der Waals surface area contributed by atoms with E-state index in [0.717, 1.165) is 35.3 Å². The largest absolute Gasteiger partial charge is 0.311 e. The highest BCUT2D eigenvalue weighted by atomic mass is 15.4. The molecule has 1 aromatic heterocycles. The Morgan fingerprint density at radius 2 is 2.00 bits per heavy atom. The Kier molecular flexibility index (Phi) is 2.33. The van der Waals surface area contributed by atoms with Gasteiger partial charge >= 0.3 is 0 Å². The maximum absolute atomic E-state index is 4.88. The van der Waals surface area contributed by atoms with Crippen LogP contribution in [0.25, 0.3) is 0 Å². The lowest BCUT2D eigenvalue weighted by molar-refractivity contribution is 0.462. The predicted octanol–water partition coefficient (Wildman–Crippen LogP) is 1.88. The molecule has 5 heteroatoms. The number of hydrogen-bond donors (Lipinski definition) is 0. The second-order valence-corrected chi connectivity index (χ2v) is 5.44. The third-order valence-electron chi connectivity index (χ3n) is 3.75. The standard InChI is InChI=1S/C13H19N5/c1-7(2)10-6-18-9(4)14-11-8(3)16-17(5)12(11)13(18)15-10/h7,10H,6H2,1-5H3/t10-/m1/s1. The first-order valence-electron chi connectivity index (χ1n) is 6.43. The zero-order valence-corrected chi connectivity index (χ0v) is 11.6. The molecule has 0 saturated carbocycles. The molecule has 3 rings (SSSR count). The van der Waals surface area contributed by atoms with Crippen molar-refractivity contribution in [2.75, 3.05) is 6.54 Å². The van der Waals surface area contributed by atoms with E-state index >= 15 is 0 Å². The summed E-state index contributed by atoms with van der Waals surface area (Å²) in [6.45, 7) is 9.42. The Morgan fingerprint density at radius 1 is 1.28 bits per heavy atom. The number of aromatic nitrogens is 2. The fourth-order valence-corrected chi connectivity index (χ4v) is 2.63. The predicted molar refractivity (Wildman–Crippen MR) is 72.6 cm³/mol. The summed E-state index contributed by atoms with van der Waals surface area (Å²) in [5.41, 5.74) is 3.01. The molecule has 18 heavy (non-hydrogen) atoms. The van der Waals surface area contributed by atoms with E-state index in [1.165, 1.54) is 0 Å². The van der Waals surface area contributed by atoms with Crippen molar-refractivity contribution in [3.05, 3.63) is 11.4 Å². The zero-order chi connectivity index (χ0) is 13.0. The molecular formula is C13H19N5. The number of aryl methyl sites for hydroxylation is 2. The van der Waals surface area contributed by atoms with Crippen LogP contribution in [0, 0.1) is 12.8 Å². The molecule has 96 valence electrons. The Hall–Kier alpha value is -1.65. The zero-order valence-electron chi connectivity index (χ0n) is 11.6. The van der Waals surface area contributed by atoms with Crippen molar-refractivity contribution in [1.29, 1.82) is 0 Å². The van der Waals surface area contributed by atoms with Gasteiger partial charge in [-0.15, -0.1) is 0 Å². The molecule has 1 aromatic rings. The van der Waals surface area contributed by atoms with Crippen LogP contribution in [0.4, 0.5) is 5.69 Å². The van der Waals surface area contributed by atoms with E-state index in [-0.39, 0.29) is 0 Å². The highest BCUT2D eigenvalue weighted by Crippen LogP contribution is 2.33. The molecule has 2 aliphatic rings. The molecule has 0 unspecified atom stereocenters. The fraction of sp³-hybridized carbons (Fsp3) is 0.615. The van der Waals surface area contributed by atoms with Gasteiger partial charge in [-0.05, 0) is 19.8 Å². The maximum atomic E-state index is 4.88. The van der Waals surface area contributed by atoms with Crippen LogP contribution in [-0.4, -0.2) is 38.9 Å². The summed E-state index contributed by atoms with van der Waals surface area (Å²) in [7, 11) is 1.96. The van der Waals surface area contributed by atoms with Crippen LogP contribution in [0.5, 0.6) is 0 Å². The Bertz CT molecular complexity index is 564. The van der Waals surface area contributed by atoms with Crippen LogP contribution in [0.1, 0.15) is 32.2 Å². The van der Waals surface area contributed by atoms with Crippen LogP contribution in [0.3, 0.4) is 0 Å². The normalized spacial score (nSPS) is 21.9. The van der Waals surface area contributed by atoms with Crippen molar-refractivity contribution in [3.8, 4) is 0 Å². The van der Waals surface area contributed by atoms with Gasteiger partial charge in [0.1, 0.15) is 17.2 Å². The molecule has 0 N–H and O–H groups in total. The summed E-state index contributed by atoms with van der Waals surface area (Å²) in [6.07, 6.45) is 0. The van der Waals surface area contributed by atoms with E-state index < -0.39 is 0 Å². The first-order chi connectivity index (χ1) is 8.49. The minimum Gasteiger partial charge on any atom is -0.311 e. The minimum absolute atomic E-state index is 0.353. The SMILES string of the molecule is CC1=Nc2c(C)nn(C)c2C2=N[C@@H](C(C)C)CN12. The van der Waals surface area contributed by atoms with E-state index in [1.54, 1.807) is 0 Å². The molecule has 5 nitrogen and oxygen atoms in total. The van der Waals surface area contributed by atoms with Crippen molar-refractivity contribution < 1.29 is 0 Å². The van der Waals surface area contributed by atoms with Crippen LogP contribution < -0.4 is 0 Å². The van der Waals surface area contributed by atoms with Crippen LogP contribution in [0.15, 0.2) is 9.98 Å². The summed E-state index contributed by atoms with van der Waals surface area (Å²) in [4.78, 5) is 11.8. The van der Waals surface area contributed by atoms with Gasteiger partial charge in [-0.25, -0.2) is 4.99 Å². The fourth-order valence-electron chi connectivity index (χ4n) is 2.63. The van der Waals surface area contributed by atoms with Gasteiger partial charge in [0.2, 0.25) is 0 Å². The molecule has 1 atom stereocenters. The van der Waals surface area contributed by atoms with Crippen LogP contribution in [0.2, 0.25) is 0 Å². The molecule has 2 aliphatic heterocycles. The summed E-state index contributed by atoms with van der Waals surface area (Å²) < 4.78 is 1.90. The summed E-state index contributed by atoms with van der Waals surface area (Å²) in [5.74, 6) is 2.62. The van der Waals surface area contributed by atoms with Gasteiger partial charge in [0.15, 0.2) is 5.84 Å². The van der Waals surface area contributed by atoms with Gasteiger partial charge in [-0.2, -0.15) is 5.10 Å². The minimum atomic E-state index is 0.353. The van der Waals surface area contributed by atoms with Gasteiger partial charge in [-0.3, -0.25) is 9.67 Å². The molecule has 0 spiro atoms. The highest BCUT2D eigenvalue weighted by Gasteiger charge is 2.36. The second-order valence-electron chi connectivity index (χ2n) is 5.44. The van der Waals surface area contributed by atoms with Gasteiger partial charge < -0.3 is 4.90 Å². The molecule has 0 aromatic carbocycles. The van der Waals surface area contributed by atoms with E-state index in [9.17, 15) is 0 Å². The third-order valence-corrected chi connectivity index (χ3v) is 3.75. The van der Waals surface area contributed by atoms with Crippen LogP contribution >= 0.6 is 0 Å². The van der Waals surface area contributed by atoms with Gasteiger partial charge in [0, 0.05) is 13.6 Å². The number of hydrogen-bond acceptors (Lipinski definition) is 4. The Labute approximate surface area is 107 Å². The van der Waals surface area contributed by atoms with Gasteiger partial charge in [0.25, 0.3) is 0 Å². The summed E-state index contributed by atoms with van der Waals surface area (Å²) in [6, 6.07) is 0.353. The molecule has 0 fully saturated rings. The molecular weight excluding hydrogens is 226 g/mol. The van der Waals surface area contributed by atoms with Gasteiger partial charge in [0.05, 0.1) is 11.7 Å². The van der Waals surface area contributed by atoms with Crippen molar-refractivity contribution in [2.45, 2.75) is 33.7 Å². The average Bonchev–Trinajstić information content (AvgIpc) is 2.82. The number of nitrogens with zero attached hydrogens (tertiary/aromatic N) is 5. The summed E-state index contributed by atoms with van der Waals surface area (Å²) in [5, 5.41) is 4.46. The first-order valence-corrected chi connectivity index (χ1v) is 6.43. The average molecular weight is 245 g/mol. The first kappa shape index (κ1) is 11.4. The topological polar surface area (TPSA) is 45.8 Å². The number of rotatable bonds is 1. The molecule has 0 aliphatic carbocycles. The molecule has 0 radical (unpaired) electrons. The quantitative estimate of drug-likeness (QED) is 0.758. The summed E-state index contributed by atoms with van der Waals surface area (Å²) >= 11 is 0. The monoisotopic (exact) mass is 245 g/mol. The number of amidine groups is 2. The molecule has 0 saturated heterocycles. The molecule has 0 bridgehead atoms. The lowest BCUT2D eigenvalue weighted by Crippen LogP contribution is -2.37. The highest BCUT2D eigenvalue weighted by molar-refractivity contribution is 6.15.